The van der Waals surface area contributed by atoms with Crippen LogP contribution in [0.3, 0.4) is 0 Å². The summed E-state index contributed by atoms with van der Waals surface area (Å²) in [6.07, 6.45) is 4.50. The van der Waals surface area contributed by atoms with Crippen molar-refractivity contribution >= 4 is 12.0 Å². The van der Waals surface area contributed by atoms with Crippen LogP contribution in [0.1, 0.15) is 17.4 Å². The number of hydrogen-bond acceptors (Lipinski definition) is 3. The number of aliphatic hydroxyl groups is 1. The Morgan fingerprint density at radius 3 is 2.68 bits per heavy atom. The molecule has 0 aliphatic rings. The molecule has 0 fully saturated rings. The van der Waals surface area contributed by atoms with Crippen molar-refractivity contribution in [2.24, 2.45) is 0 Å². The van der Waals surface area contributed by atoms with Crippen molar-refractivity contribution in [3.05, 3.63) is 66.1 Å². The fourth-order valence-corrected chi connectivity index (χ4v) is 1.68. The smallest absolute Gasteiger partial charge is 0.244 e. The van der Waals surface area contributed by atoms with Gasteiger partial charge in [-0.05, 0) is 23.8 Å². The van der Waals surface area contributed by atoms with E-state index in [1.807, 2.05) is 30.3 Å². The van der Waals surface area contributed by atoms with E-state index in [2.05, 4.69) is 5.32 Å². The van der Waals surface area contributed by atoms with Gasteiger partial charge in [0.15, 0.2) is 0 Å². The summed E-state index contributed by atoms with van der Waals surface area (Å²) in [5.41, 5.74) is 0.866. The average Bonchev–Trinajstić information content (AvgIpc) is 2.97. The predicted octanol–water partition coefficient (Wildman–Crippen LogP) is 2.14. The molecule has 0 saturated carbocycles. The van der Waals surface area contributed by atoms with Gasteiger partial charge >= 0.3 is 0 Å². The van der Waals surface area contributed by atoms with Crippen molar-refractivity contribution in [3.8, 4) is 0 Å². The van der Waals surface area contributed by atoms with Crippen LogP contribution in [0.4, 0.5) is 0 Å². The topological polar surface area (TPSA) is 62.5 Å². The van der Waals surface area contributed by atoms with Gasteiger partial charge in [0.25, 0.3) is 0 Å². The van der Waals surface area contributed by atoms with Crippen LogP contribution in [-0.2, 0) is 4.79 Å². The van der Waals surface area contributed by atoms with Gasteiger partial charge in [0.05, 0.1) is 18.9 Å². The number of furan rings is 1. The normalized spacial score (nSPS) is 12.5. The largest absolute Gasteiger partial charge is 0.465 e. The van der Waals surface area contributed by atoms with E-state index in [4.69, 9.17) is 4.42 Å². The highest BCUT2D eigenvalue weighted by atomic mass is 16.3. The molecule has 0 bridgehead atoms. The number of aliphatic hydroxyl groups excluding tert-OH is 1. The van der Waals surface area contributed by atoms with E-state index in [1.165, 1.54) is 12.3 Å². The summed E-state index contributed by atoms with van der Waals surface area (Å²) in [4.78, 5) is 11.7. The first kappa shape index (κ1) is 13.1. The van der Waals surface area contributed by atoms with Crippen LogP contribution in [0.5, 0.6) is 0 Å². The van der Waals surface area contributed by atoms with Gasteiger partial charge in [-0.25, -0.2) is 0 Å². The molecule has 2 aromatic rings. The third-order valence-electron chi connectivity index (χ3n) is 2.64. The Morgan fingerprint density at radius 2 is 2.05 bits per heavy atom. The maximum Gasteiger partial charge on any atom is 0.244 e. The first-order chi connectivity index (χ1) is 9.29. The number of carbonyl (C=O) groups is 1. The monoisotopic (exact) mass is 257 g/mol. The maximum absolute atomic E-state index is 11.7. The standard InChI is InChI=1S/C15H15NO3/c17-11-14(12-5-2-1-3-6-12)16-15(18)9-8-13-7-4-10-19-13/h1-10,14,17H,11H2,(H,16,18)/b9-8+/t14-/m0/s1. The van der Waals surface area contributed by atoms with E-state index in [1.54, 1.807) is 18.2 Å². The van der Waals surface area contributed by atoms with Crippen molar-refractivity contribution < 1.29 is 14.3 Å². The summed E-state index contributed by atoms with van der Waals surface area (Å²) in [7, 11) is 0. The first-order valence-corrected chi connectivity index (χ1v) is 5.97. The molecular weight excluding hydrogens is 242 g/mol. The lowest BCUT2D eigenvalue weighted by atomic mass is 10.1. The molecule has 4 nitrogen and oxygen atoms in total. The lowest BCUT2D eigenvalue weighted by molar-refractivity contribution is -0.117. The van der Waals surface area contributed by atoms with E-state index in [9.17, 15) is 9.90 Å². The molecule has 0 unspecified atom stereocenters. The third kappa shape index (κ3) is 3.82. The van der Waals surface area contributed by atoms with Crippen molar-refractivity contribution in [2.75, 3.05) is 6.61 Å². The fourth-order valence-electron chi connectivity index (χ4n) is 1.68. The van der Waals surface area contributed by atoms with Gasteiger partial charge in [0.1, 0.15) is 5.76 Å². The highest BCUT2D eigenvalue weighted by Crippen LogP contribution is 2.11. The van der Waals surface area contributed by atoms with Crippen molar-refractivity contribution in [1.29, 1.82) is 0 Å². The number of amides is 1. The minimum Gasteiger partial charge on any atom is -0.465 e. The molecule has 0 radical (unpaired) electrons. The molecule has 0 spiro atoms. The molecule has 0 aliphatic heterocycles. The van der Waals surface area contributed by atoms with Gasteiger partial charge in [-0.15, -0.1) is 0 Å². The highest BCUT2D eigenvalue weighted by Gasteiger charge is 2.11. The van der Waals surface area contributed by atoms with E-state index >= 15 is 0 Å². The molecule has 2 N–H and O–H groups in total. The van der Waals surface area contributed by atoms with Gasteiger partial charge in [-0.3, -0.25) is 4.79 Å². The Hall–Kier alpha value is -2.33. The lowest BCUT2D eigenvalue weighted by Crippen LogP contribution is -2.29. The van der Waals surface area contributed by atoms with Crippen LogP contribution in [0.25, 0.3) is 6.08 Å². The highest BCUT2D eigenvalue weighted by molar-refractivity contribution is 5.91. The fraction of sp³-hybridized carbons (Fsp3) is 0.133. The molecule has 1 atom stereocenters. The van der Waals surface area contributed by atoms with Crippen molar-refractivity contribution in [2.45, 2.75) is 6.04 Å². The summed E-state index contributed by atoms with van der Waals surface area (Å²) in [6, 6.07) is 12.4. The number of benzene rings is 1. The molecule has 2 rings (SSSR count). The minimum absolute atomic E-state index is 0.148. The Labute approximate surface area is 111 Å². The van der Waals surface area contributed by atoms with Crippen molar-refractivity contribution in [1.82, 2.24) is 5.32 Å². The Kier molecular flexibility index (Phi) is 4.53. The lowest BCUT2D eigenvalue weighted by Gasteiger charge is -2.15. The molecule has 1 aromatic heterocycles. The van der Waals surface area contributed by atoms with E-state index < -0.39 is 6.04 Å². The summed E-state index contributed by atoms with van der Waals surface area (Å²) < 4.78 is 5.08. The number of rotatable bonds is 5. The molecule has 98 valence electrons. The predicted molar refractivity (Wildman–Crippen MR) is 72.2 cm³/mol. The maximum atomic E-state index is 11.7. The molecule has 1 aromatic carbocycles. The summed E-state index contributed by atoms with van der Waals surface area (Å²) in [5.74, 6) is 0.328. The zero-order valence-corrected chi connectivity index (χ0v) is 10.3. The molecule has 19 heavy (non-hydrogen) atoms. The molecule has 1 amide bonds. The Morgan fingerprint density at radius 1 is 1.26 bits per heavy atom. The van der Waals surface area contributed by atoms with Crippen LogP contribution in [0, 0.1) is 0 Å². The van der Waals surface area contributed by atoms with Crippen molar-refractivity contribution in [3.63, 3.8) is 0 Å². The minimum atomic E-state index is -0.407. The first-order valence-electron chi connectivity index (χ1n) is 5.97. The summed E-state index contributed by atoms with van der Waals surface area (Å²) >= 11 is 0. The average molecular weight is 257 g/mol. The Balaban J connectivity index is 1.97. The van der Waals surface area contributed by atoms with Crippen LogP contribution in [0.15, 0.2) is 59.2 Å². The van der Waals surface area contributed by atoms with Crippen LogP contribution in [0.2, 0.25) is 0 Å². The molecular formula is C15H15NO3. The van der Waals surface area contributed by atoms with Gasteiger partial charge in [0.2, 0.25) is 5.91 Å². The van der Waals surface area contributed by atoms with Gasteiger partial charge in [-0.1, -0.05) is 30.3 Å². The van der Waals surface area contributed by atoms with E-state index in [0.717, 1.165) is 5.56 Å². The van der Waals surface area contributed by atoms with Crippen LogP contribution in [-0.4, -0.2) is 17.6 Å². The summed E-state index contributed by atoms with van der Waals surface area (Å²) in [5, 5.41) is 12.1. The molecule has 0 saturated heterocycles. The molecule has 0 aliphatic carbocycles. The quantitative estimate of drug-likeness (QED) is 0.807. The second-order valence-electron chi connectivity index (χ2n) is 4.00. The second kappa shape index (κ2) is 6.56. The zero-order chi connectivity index (χ0) is 13.5. The van der Waals surface area contributed by atoms with Gasteiger partial charge in [-0.2, -0.15) is 0 Å². The number of hydrogen-bond donors (Lipinski definition) is 2. The molecule has 1 heterocycles. The summed E-state index contributed by atoms with van der Waals surface area (Å²) in [6.45, 7) is -0.148. The second-order valence-corrected chi connectivity index (χ2v) is 4.00. The SMILES string of the molecule is O=C(/C=C/c1ccco1)N[C@@H](CO)c1ccccc1. The third-order valence-corrected chi connectivity index (χ3v) is 2.64. The number of carbonyl (C=O) groups excluding carboxylic acids is 1. The Bertz CT molecular complexity index is 532. The van der Waals surface area contributed by atoms with Gasteiger partial charge in [0, 0.05) is 6.08 Å². The van der Waals surface area contributed by atoms with Gasteiger partial charge < -0.3 is 14.8 Å². The van der Waals surface area contributed by atoms with Crippen LogP contribution < -0.4 is 5.32 Å². The zero-order valence-electron chi connectivity index (χ0n) is 10.3. The van der Waals surface area contributed by atoms with Crippen LogP contribution >= 0.6 is 0 Å². The number of nitrogens with one attached hydrogen (secondary N) is 1. The molecule has 4 heteroatoms. The van der Waals surface area contributed by atoms with E-state index in [-0.39, 0.29) is 12.5 Å². The van der Waals surface area contributed by atoms with E-state index in [0.29, 0.717) is 5.76 Å².